The number of fused-ring (bicyclic) bond motifs is 1. The molecule has 3 aromatic rings. The summed E-state index contributed by atoms with van der Waals surface area (Å²) in [4.78, 5) is 41.9. The Bertz CT molecular complexity index is 1190. The fourth-order valence-electron chi connectivity index (χ4n) is 3.74. The van der Waals surface area contributed by atoms with Gasteiger partial charge in [0.25, 0.3) is 5.91 Å². The van der Waals surface area contributed by atoms with E-state index in [0.29, 0.717) is 36.1 Å². The summed E-state index contributed by atoms with van der Waals surface area (Å²) in [7, 11) is 1.54. The van der Waals surface area contributed by atoms with Crippen molar-refractivity contribution in [3.8, 4) is 23.0 Å². The molecule has 33 heavy (non-hydrogen) atoms. The van der Waals surface area contributed by atoms with E-state index in [-0.39, 0.29) is 24.7 Å². The molecule has 0 fully saturated rings. The number of nitrogens with one attached hydrogen (secondary N) is 1. The highest BCUT2D eigenvalue weighted by molar-refractivity contribution is 6.00. The SMILES string of the molecule is CCOc1cccc(-n2cc(-c3ccc4c(c3)CN(C(C=O)CCC(=O)NC)C4=O)nn2)n1. The van der Waals surface area contributed by atoms with Crippen molar-refractivity contribution in [2.45, 2.75) is 32.4 Å². The van der Waals surface area contributed by atoms with Crippen LogP contribution in [0.3, 0.4) is 0 Å². The fourth-order valence-corrected chi connectivity index (χ4v) is 3.74. The monoisotopic (exact) mass is 448 g/mol. The molecule has 4 rings (SSSR count). The van der Waals surface area contributed by atoms with Gasteiger partial charge in [-0.15, -0.1) is 5.10 Å². The van der Waals surface area contributed by atoms with Crippen LogP contribution in [0.5, 0.6) is 5.88 Å². The molecule has 1 N–H and O–H groups in total. The molecule has 0 saturated carbocycles. The van der Waals surface area contributed by atoms with Crippen LogP contribution in [0.2, 0.25) is 0 Å². The lowest BCUT2D eigenvalue weighted by molar-refractivity contribution is -0.121. The van der Waals surface area contributed by atoms with E-state index >= 15 is 0 Å². The summed E-state index contributed by atoms with van der Waals surface area (Å²) >= 11 is 0. The number of carbonyl (C=O) groups excluding carboxylic acids is 3. The summed E-state index contributed by atoms with van der Waals surface area (Å²) in [6.07, 6.45) is 2.93. The molecule has 0 bridgehead atoms. The van der Waals surface area contributed by atoms with E-state index in [9.17, 15) is 14.4 Å². The van der Waals surface area contributed by atoms with Crippen molar-refractivity contribution in [1.29, 1.82) is 0 Å². The Hall–Kier alpha value is -4.08. The van der Waals surface area contributed by atoms with Gasteiger partial charge in [-0.25, -0.2) is 4.68 Å². The molecule has 3 heterocycles. The van der Waals surface area contributed by atoms with E-state index in [2.05, 4.69) is 20.6 Å². The van der Waals surface area contributed by atoms with Crippen LogP contribution in [0.25, 0.3) is 17.1 Å². The lowest BCUT2D eigenvalue weighted by Crippen LogP contribution is -2.37. The van der Waals surface area contributed by atoms with Crippen LogP contribution in [0.15, 0.2) is 42.6 Å². The van der Waals surface area contributed by atoms with Crippen LogP contribution in [-0.4, -0.2) is 62.7 Å². The Balaban J connectivity index is 1.53. The Morgan fingerprint density at radius 3 is 2.91 bits per heavy atom. The molecule has 2 aromatic heterocycles. The fraction of sp³-hybridized carbons (Fsp3) is 0.304. The van der Waals surface area contributed by atoms with Crippen LogP contribution in [0, 0.1) is 0 Å². The average molecular weight is 448 g/mol. The second-order valence-electron chi connectivity index (χ2n) is 7.54. The highest BCUT2D eigenvalue weighted by atomic mass is 16.5. The molecular weight excluding hydrogens is 424 g/mol. The van der Waals surface area contributed by atoms with Crippen molar-refractivity contribution < 1.29 is 19.1 Å². The lowest BCUT2D eigenvalue weighted by Gasteiger charge is -2.22. The number of amides is 2. The number of hydrogen-bond acceptors (Lipinski definition) is 7. The van der Waals surface area contributed by atoms with Gasteiger partial charge in [0.2, 0.25) is 11.8 Å². The van der Waals surface area contributed by atoms with Crippen LogP contribution in [0.1, 0.15) is 35.7 Å². The largest absolute Gasteiger partial charge is 0.478 e. The molecule has 1 aliphatic heterocycles. The van der Waals surface area contributed by atoms with E-state index < -0.39 is 6.04 Å². The maximum Gasteiger partial charge on any atom is 0.255 e. The van der Waals surface area contributed by atoms with Crippen LogP contribution < -0.4 is 10.1 Å². The first kappa shape index (κ1) is 22.1. The van der Waals surface area contributed by atoms with Crippen molar-refractivity contribution in [2.24, 2.45) is 0 Å². The number of nitrogens with zero attached hydrogens (tertiary/aromatic N) is 5. The topological polar surface area (TPSA) is 119 Å². The minimum atomic E-state index is -0.657. The third-order valence-electron chi connectivity index (χ3n) is 5.47. The summed E-state index contributed by atoms with van der Waals surface area (Å²) in [5, 5.41) is 10.9. The van der Waals surface area contributed by atoms with Gasteiger partial charge in [-0.05, 0) is 37.1 Å². The van der Waals surface area contributed by atoms with Crippen LogP contribution in [-0.2, 0) is 16.1 Å². The molecule has 170 valence electrons. The van der Waals surface area contributed by atoms with E-state index in [0.717, 1.165) is 17.4 Å². The number of pyridine rings is 1. The van der Waals surface area contributed by atoms with Gasteiger partial charge >= 0.3 is 0 Å². The molecule has 0 spiro atoms. The minimum Gasteiger partial charge on any atom is -0.478 e. The zero-order chi connectivity index (χ0) is 23.4. The highest BCUT2D eigenvalue weighted by Gasteiger charge is 2.33. The first-order valence-corrected chi connectivity index (χ1v) is 10.7. The Labute approximate surface area is 190 Å². The number of hydrogen-bond donors (Lipinski definition) is 1. The normalized spacial score (nSPS) is 13.5. The standard InChI is InChI=1S/C23H24N6O4/c1-3-33-22-6-4-5-20(25-22)29-13-19(26-27-29)15-7-9-18-16(11-15)12-28(23(18)32)17(14-30)8-10-21(31)24-2/h4-7,9,11,13-14,17H,3,8,10,12H2,1-2H3,(H,24,31). The number of aldehydes is 1. The maximum atomic E-state index is 12.8. The van der Waals surface area contributed by atoms with Gasteiger partial charge in [0, 0.05) is 37.2 Å². The van der Waals surface area contributed by atoms with Gasteiger partial charge < -0.3 is 19.7 Å². The van der Waals surface area contributed by atoms with Gasteiger partial charge in [-0.2, -0.15) is 4.98 Å². The molecular formula is C23H24N6O4. The van der Waals surface area contributed by atoms with Gasteiger partial charge in [-0.3, -0.25) is 9.59 Å². The molecule has 0 radical (unpaired) electrons. The Morgan fingerprint density at radius 1 is 1.30 bits per heavy atom. The quantitative estimate of drug-likeness (QED) is 0.496. The summed E-state index contributed by atoms with van der Waals surface area (Å²) < 4.78 is 7.00. The van der Waals surface area contributed by atoms with Crippen molar-refractivity contribution in [2.75, 3.05) is 13.7 Å². The number of aromatic nitrogens is 4. The predicted molar refractivity (Wildman–Crippen MR) is 119 cm³/mol. The highest BCUT2D eigenvalue weighted by Crippen LogP contribution is 2.29. The zero-order valence-corrected chi connectivity index (χ0v) is 18.4. The number of rotatable bonds is 9. The van der Waals surface area contributed by atoms with Gasteiger partial charge in [-0.1, -0.05) is 17.3 Å². The Kier molecular flexibility index (Phi) is 6.43. The molecule has 1 atom stereocenters. The second kappa shape index (κ2) is 9.60. The second-order valence-corrected chi connectivity index (χ2v) is 7.54. The van der Waals surface area contributed by atoms with Crippen LogP contribution >= 0.6 is 0 Å². The zero-order valence-electron chi connectivity index (χ0n) is 18.4. The first-order chi connectivity index (χ1) is 16.0. The van der Waals surface area contributed by atoms with Crippen LogP contribution in [0.4, 0.5) is 0 Å². The molecule has 10 heteroatoms. The lowest BCUT2D eigenvalue weighted by atomic mass is 10.0. The van der Waals surface area contributed by atoms with Crippen molar-refractivity contribution in [3.63, 3.8) is 0 Å². The van der Waals surface area contributed by atoms with Gasteiger partial charge in [0.15, 0.2) is 5.82 Å². The number of ether oxygens (including phenoxy) is 1. The third-order valence-corrected chi connectivity index (χ3v) is 5.47. The average Bonchev–Trinajstić information content (AvgIpc) is 3.45. The summed E-state index contributed by atoms with van der Waals surface area (Å²) in [5.74, 6) is 0.695. The number of benzene rings is 1. The van der Waals surface area contributed by atoms with Gasteiger partial charge in [0.05, 0.1) is 18.8 Å². The smallest absolute Gasteiger partial charge is 0.255 e. The van der Waals surface area contributed by atoms with E-state index in [4.69, 9.17) is 4.74 Å². The molecule has 1 aromatic carbocycles. The molecule has 2 amide bonds. The van der Waals surface area contributed by atoms with E-state index in [1.807, 2.05) is 19.1 Å². The van der Waals surface area contributed by atoms with Crippen molar-refractivity contribution in [3.05, 3.63) is 53.7 Å². The van der Waals surface area contributed by atoms with E-state index in [1.54, 1.807) is 42.2 Å². The predicted octanol–water partition coefficient (Wildman–Crippen LogP) is 1.78. The molecule has 0 aliphatic carbocycles. The first-order valence-electron chi connectivity index (χ1n) is 10.7. The molecule has 1 aliphatic rings. The summed E-state index contributed by atoms with van der Waals surface area (Å²) in [5.41, 5.74) is 2.77. The summed E-state index contributed by atoms with van der Waals surface area (Å²) in [6.45, 7) is 2.70. The third kappa shape index (κ3) is 4.59. The maximum absolute atomic E-state index is 12.8. The molecule has 1 unspecified atom stereocenters. The Morgan fingerprint density at radius 2 is 2.15 bits per heavy atom. The van der Waals surface area contributed by atoms with Crippen molar-refractivity contribution >= 4 is 18.1 Å². The minimum absolute atomic E-state index is 0.169. The van der Waals surface area contributed by atoms with Gasteiger partial charge in [0.1, 0.15) is 12.0 Å². The summed E-state index contributed by atoms with van der Waals surface area (Å²) in [6, 6.07) is 10.2. The number of carbonyl (C=O) groups is 3. The molecule has 0 saturated heterocycles. The van der Waals surface area contributed by atoms with Crippen molar-refractivity contribution in [1.82, 2.24) is 30.2 Å². The van der Waals surface area contributed by atoms with E-state index in [1.165, 1.54) is 4.90 Å². The molecule has 10 nitrogen and oxygen atoms in total.